The number of hydrogen-bond donors (Lipinski definition) is 2. The van der Waals surface area contributed by atoms with E-state index in [0.29, 0.717) is 5.76 Å². The highest BCUT2D eigenvalue weighted by Gasteiger charge is 1.94. The molecule has 0 saturated carbocycles. The summed E-state index contributed by atoms with van der Waals surface area (Å²) in [5.41, 5.74) is 1.47. The molecule has 0 saturated heterocycles. The summed E-state index contributed by atoms with van der Waals surface area (Å²) >= 11 is 0. The van der Waals surface area contributed by atoms with Gasteiger partial charge in [0.05, 0.1) is 0 Å². The Labute approximate surface area is 69.5 Å². The molecular weight excluding hydrogens is 158 g/mol. The third kappa shape index (κ3) is 2.25. The van der Waals surface area contributed by atoms with E-state index in [0.717, 1.165) is 5.76 Å². The van der Waals surface area contributed by atoms with Gasteiger partial charge in [-0.3, -0.25) is 10.0 Å². The molecule has 1 aromatic rings. The van der Waals surface area contributed by atoms with Crippen molar-refractivity contribution in [2.45, 2.75) is 6.92 Å². The summed E-state index contributed by atoms with van der Waals surface area (Å²) in [4.78, 5) is 10.5. The van der Waals surface area contributed by atoms with Gasteiger partial charge in [-0.2, -0.15) is 0 Å². The lowest BCUT2D eigenvalue weighted by Gasteiger charge is -1.87. The van der Waals surface area contributed by atoms with Crippen molar-refractivity contribution in [1.82, 2.24) is 5.48 Å². The Bertz CT molecular complexity index is 301. The molecule has 64 valence electrons. The Morgan fingerprint density at radius 1 is 1.67 bits per heavy atom. The fourth-order valence-corrected chi connectivity index (χ4v) is 0.738. The Hall–Kier alpha value is -1.55. The lowest BCUT2D eigenvalue weighted by molar-refractivity contribution is -0.124. The first kappa shape index (κ1) is 8.55. The molecule has 0 spiro atoms. The van der Waals surface area contributed by atoms with Gasteiger partial charge in [0, 0.05) is 6.08 Å². The molecule has 1 amide bonds. The van der Waals surface area contributed by atoms with Crippen molar-refractivity contribution >= 4 is 12.0 Å². The fourth-order valence-electron chi connectivity index (χ4n) is 0.738. The fraction of sp³-hybridized carbons (Fsp3) is 0.125. The van der Waals surface area contributed by atoms with Crippen molar-refractivity contribution in [1.29, 1.82) is 0 Å². The third-order valence-corrected chi connectivity index (χ3v) is 1.27. The molecular formula is C8H9NO3. The quantitative estimate of drug-likeness (QED) is 0.394. The second-order valence-corrected chi connectivity index (χ2v) is 2.26. The van der Waals surface area contributed by atoms with E-state index in [1.54, 1.807) is 12.1 Å². The van der Waals surface area contributed by atoms with Crippen molar-refractivity contribution in [3.63, 3.8) is 0 Å². The zero-order valence-electron chi connectivity index (χ0n) is 6.57. The van der Waals surface area contributed by atoms with Gasteiger partial charge in [0.15, 0.2) is 0 Å². The summed E-state index contributed by atoms with van der Waals surface area (Å²) in [6, 6.07) is 3.52. The molecule has 0 unspecified atom stereocenters. The van der Waals surface area contributed by atoms with Gasteiger partial charge in [-0.05, 0) is 25.1 Å². The first-order valence-electron chi connectivity index (χ1n) is 3.41. The van der Waals surface area contributed by atoms with Gasteiger partial charge in [-0.25, -0.2) is 5.48 Å². The molecule has 12 heavy (non-hydrogen) atoms. The number of hydrogen-bond acceptors (Lipinski definition) is 3. The minimum atomic E-state index is -0.580. The van der Waals surface area contributed by atoms with Gasteiger partial charge in [0.2, 0.25) is 0 Å². The summed E-state index contributed by atoms with van der Waals surface area (Å²) in [7, 11) is 0. The second-order valence-electron chi connectivity index (χ2n) is 2.26. The van der Waals surface area contributed by atoms with Crippen molar-refractivity contribution in [3.8, 4) is 0 Å². The van der Waals surface area contributed by atoms with Crippen molar-refractivity contribution in [2.24, 2.45) is 0 Å². The van der Waals surface area contributed by atoms with Crippen LogP contribution in [0.5, 0.6) is 0 Å². The van der Waals surface area contributed by atoms with Crippen LogP contribution in [0.25, 0.3) is 6.08 Å². The molecule has 0 fully saturated rings. The molecule has 0 radical (unpaired) electrons. The lowest BCUT2D eigenvalue weighted by Crippen LogP contribution is -2.14. The number of amides is 1. The zero-order chi connectivity index (χ0) is 8.97. The van der Waals surface area contributed by atoms with Gasteiger partial charge in [-0.1, -0.05) is 0 Å². The van der Waals surface area contributed by atoms with Gasteiger partial charge in [0.1, 0.15) is 11.5 Å². The first-order chi connectivity index (χ1) is 5.72. The second kappa shape index (κ2) is 3.73. The summed E-state index contributed by atoms with van der Waals surface area (Å²) in [6.45, 7) is 1.81. The molecule has 0 aliphatic heterocycles. The SMILES string of the molecule is Cc1ccc(/C=C/C(=O)NO)o1. The maximum atomic E-state index is 10.5. The number of carbonyl (C=O) groups is 1. The first-order valence-corrected chi connectivity index (χ1v) is 3.41. The molecule has 1 rings (SSSR count). The van der Waals surface area contributed by atoms with Crippen molar-refractivity contribution in [3.05, 3.63) is 29.7 Å². The number of rotatable bonds is 2. The Kier molecular flexibility index (Phi) is 2.66. The minimum absolute atomic E-state index is 0.580. The Morgan fingerprint density at radius 2 is 2.42 bits per heavy atom. The average molecular weight is 167 g/mol. The topological polar surface area (TPSA) is 62.5 Å². The maximum Gasteiger partial charge on any atom is 0.267 e. The molecule has 4 heteroatoms. The van der Waals surface area contributed by atoms with E-state index in [4.69, 9.17) is 9.62 Å². The van der Waals surface area contributed by atoms with Gasteiger partial charge in [-0.15, -0.1) is 0 Å². The molecule has 0 aliphatic rings. The highest BCUT2D eigenvalue weighted by Crippen LogP contribution is 2.07. The van der Waals surface area contributed by atoms with Gasteiger partial charge < -0.3 is 4.42 Å². The normalized spacial score (nSPS) is 10.5. The standard InChI is InChI=1S/C8H9NO3/c1-6-2-3-7(12-6)4-5-8(10)9-11/h2-5,11H,1H3,(H,9,10)/b5-4+. The molecule has 4 nitrogen and oxygen atoms in total. The van der Waals surface area contributed by atoms with Crippen LogP contribution in [0.1, 0.15) is 11.5 Å². The van der Waals surface area contributed by atoms with Crippen LogP contribution in [0.2, 0.25) is 0 Å². The van der Waals surface area contributed by atoms with E-state index in [1.165, 1.54) is 17.6 Å². The average Bonchev–Trinajstić information content (AvgIpc) is 2.47. The van der Waals surface area contributed by atoms with E-state index < -0.39 is 5.91 Å². The summed E-state index contributed by atoms with van der Waals surface area (Å²) in [5.74, 6) is 0.777. The largest absolute Gasteiger partial charge is 0.462 e. The van der Waals surface area contributed by atoms with E-state index in [-0.39, 0.29) is 0 Å². The minimum Gasteiger partial charge on any atom is -0.462 e. The smallest absolute Gasteiger partial charge is 0.267 e. The van der Waals surface area contributed by atoms with E-state index in [9.17, 15) is 4.79 Å². The van der Waals surface area contributed by atoms with Crippen LogP contribution in [0, 0.1) is 6.92 Å². The highest BCUT2D eigenvalue weighted by atomic mass is 16.5. The van der Waals surface area contributed by atoms with Crippen molar-refractivity contribution < 1.29 is 14.4 Å². The predicted molar refractivity (Wildman–Crippen MR) is 42.4 cm³/mol. The molecule has 0 atom stereocenters. The van der Waals surface area contributed by atoms with E-state index >= 15 is 0 Å². The van der Waals surface area contributed by atoms with Gasteiger partial charge >= 0.3 is 0 Å². The predicted octanol–water partition coefficient (Wildman–Crippen LogP) is 1.11. The molecule has 2 N–H and O–H groups in total. The highest BCUT2D eigenvalue weighted by molar-refractivity contribution is 5.90. The third-order valence-electron chi connectivity index (χ3n) is 1.27. The van der Waals surface area contributed by atoms with Crippen LogP contribution in [0.4, 0.5) is 0 Å². The summed E-state index contributed by atoms with van der Waals surface area (Å²) < 4.78 is 5.13. The zero-order valence-corrected chi connectivity index (χ0v) is 6.57. The van der Waals surface area contributed by atoms with E-state index in [2.05, 4.69) is 0 Å². The van der Waals surface area contributed by atoms with Crippen LogP contribution >= 0.6 is 0 Å². The van der Waals surface area contributed by atoms with Crippen LogP contribution in [0.3, 0.4) is 0 Å². The monoisotopic (exact) mass is 167 g/mol. The Morgan fingerprint density at radius 3 is 2.92 bits per heavy atom. The van der Waals surface area contributed by atoms with Crippen LogP contribution in [0.15, 0.2) is 22.6 Å². The molecule has 0 aliphatic carbocycles. The summed E-state index contributed by atoms with van der Waals surface area (Å²) in [5, 5.41) is 8.14. The number of nitrogens with one attached hydrogen (secondary N) is 1. The summed E-state index contributed by atoms with van der Waals surface area (Å²) in [6.07, 6.45) is 2.65. The molecule has 1 aromatic heterocycles. The van der Waals surface area contributed by atoms with Crippen LogP contribution in [-0.2, 0) is 4.79 Å². The number of aryl methyl sites for hydroxylation is 1. The number of hydroxylamine groups is 1. The molecule has 0 aromatic carbocycles. The van der Waals surface area contributed by atoms with Crippen LogP contribution in [-0.4, -0.2) is 11.1 Å². The van der Waals surface area contributed by atoms with Crippen LogP contribution < -0.4 is 5.48 Å². The molecule has 1 heterocycles. The van der Waals surface area contributed by atoms with Gasteiger partial charge in [0.25, 0.3) is 5.91 Å². The number of furan rings is 1. The number of carbonyl (C=O) groups excluding carboxylic acids is 1. The van der Waals surface area contributed by atoms with E-state index in [1.807, 2.05) is 6.92 Å². The lowest BCUT2D eigenvalue weighted by atomic mass is 10.4. The van der Waals surface area contributed by atoms with Crippen molar-refractivity contribution in [2.75, 3.05) is 0 Å². The maximum absolute atomic E-state index is 10.5. The Balaban J connectivity index is 2.63. The molecule has 0 bridgehead atoms.